The Balaban J connectivity index is 0. The Morgan fingerprint density at radius 2 is 1.87 bits per heavy atom. The number of carbonyl (C=O) groups excluding carboxylic acids is 1. The molecule has 15 heavy (non-hydrogen) atoms. The van der Waals surface area contributed by atoms with Crippen LogP contribution < -0.4 is 16.0 Å². The zero-order chi connectivity index (χ0) is 11.2. The van der Waals surface area contributed by atoms with Crippen LogP contribution in [0.25, 0.3) is 0 Å². The molecule has 0 radical (unpaired) electrons. The van der Waals surface area contributed by atoms with Gasteiger partial charge in [0.1, 0.15) is 0 Å². The highest BCUT2D eigenvalue weighted by atomic mass is 79.9. The maximum atomic E-state index is 11.3. The molecule has 0 aromatic heterocycles. The van der Waals surface area contributed by atoms with E-state index in [-0.39, 0.29) is 35.0 Å². The second-order valence-electron chi connectivity index (χ2n) is 3.97. The summed E-state index contributed by atoms with van der Waals surface area (Å²) in [5.41, 5.74) is -0.193. The topological polar surface area (TPSA) is 65.5 Å². The van der Waals surface area contributed by atoms with Crippen LogP contribution in [0.15, 0.2) is 4.99 Å². The average molecular weight is 281 g/mol. The van der Waals surface area contributed by atoms with Crippen molar-refractivity contribution >= 4 is 28.8 Å². The molecule has 0 rings (SSSR count). The molecule has 0 aliphatic rings. The summed E-state index contributed by atoms with van der Waals surface area (Å²) in [4.78, 5) is 15.2. The summed E-state index contributed by atoms with van der Waals surface area (Å²) < 4.78 is 0. The molecule has 0 bridgehead atoms. The molecular formula is C9H21BrN4O. The quantitative estimate of drug-likeness (QED) is 0.503. The number of hydrogen-bond donors (Lipinski definition) is 3. The van der Waals surface area contributed by atoms with E-state index in [2.05, 4.69) is 20.9 Å². The molecule has 6 heteroatoms. The van der Waals surface area contributed by atoms with Gasteiger partial charge < -0.3 is 16.0 Å². The van der Waals surface area contributed by atoms with E-state index < -0.39 is 0 Å². The van der Waals surface area contributed by atoms with Crippen LogP contribution in [0, 0.1) is 0 Å². The minimum Gasteiger partial charge on any atom is -0.359 e. The van der Waals surface area contributed by atoms with E-state index in [1.165, 1.54) is 0 Å². The molecule has 0 saturated carbocycles. The molecule has 0 heterocycles. The molecule has 0 unspecified atom stereocenters. The highest BCUT2D eigenvalue weighted by molar-refractivity contribution is 8.93. The second kappa shape index (κ2) is 7.50. The first-order chi connectivity index (χ1) is 6.39. The molecule has 0 atom stereocenters. The van der Waals surface area contributed by atoms with Crippen molar-refractivity contribution in [2.24, 2.45) is 4.99 Å². The van der Waals surface area contributed by atoms with Gasteiger partial charge in [-0.3, -0.25) is 9.79 Å². The molecule has 0 aliphatic heterocycles. The van der Waals surface area contributed by atoms with E-state index in [1.807, 2.05) is 20.8 Å². The molecule has 0 aromatic carbocycles. The lowest BCUT2D eigenvalue weighted by atomic mass is 10.1. The first kappa shape index (κ1) is 16.6. The lowest BCUT2D eigenvalue weighted by Crippen LogP contribution is -2.47. The van der Waals surface area contributed by atoms with Crippen molar-refractivity contribution in [1.82, 2.24) is 16.0 Å². The fraction of sp³-hybridized carbons (Fsp3) is 0.778. The number of guanidine groups is 1. The molecule has 1 amide bonds. The first-order valence-electron chi connectivity index (χ1n) is 4.58. The summed E-state index contributed by atoms with van der Waals surface area (Å²) >= 11 is 0. The Morgan fingerprint density at radius 1 is 1.33 bits per heavy atom. The largest absolute Gasteiger partial charge is 0.359 e. The van der Waals surface area contributed by atoms with Gasteiger partial charge in [0.2, 0.25) is 5.91 Å². The van der Waals surface area contributed by atoms with Crippen molar-refractivity contribution in [3.63, 3.8) is 0 Å². The van der Waals surface area contributed by atoms with Gasteiger partial charge in [-0.2, -0.15) is 0 Å². The zero-order valence-electron chi connectivity index (χ0n) is 9.97. The molecule has 0 aliphatic carbocycles. The summed E-state index contributed by atoms with van der Waals surface area (Å²) in [6.07, 6.45) is 0. The van der Waals surface area contributed by atoms with Crippen LogP contribution in [-0.2, 0) is 4.79 Å². The van der Waals surface area contributed by atoms with Crippen LogP contribution in [0.4, 0.5) is 0 Å². The lowest BCUT2D eigenvalue weighted by molar-refractivity contribution is -0.121. The molecule has 5 nitrogen and oxygen atoms in total. The van der Waals surface area contributed by atoms with E-state index in [0.29, 0.717) is 5.96 Å². The summed E-state index contributed by atoms with van der Waals surface area (Å²) in [5.74, 6) is 0.558. The lowest BCUT2D eigenvalue weighted by Gasteiger charge is -2.20. The standard InChI is InChI=1S/C9H20N4O.BrH/c1-9(2,3)13-7(14)6-12-8(10-4)11-5;/h6H2,1-5H3,(H,13,14)(H2,10,11,12);1H. The van der Waals surface area contributed by atoms with Crippen LogP contribution in [0.3, 0.4) is 0 Å². The Hall–Kier alpha value is -0.780. The third kappa shape index (κ3) is 9.52. The van der Waals surface area contributed by atoms with Gasteiger partial charge in [-0.05, 0) is 20.8 Å². The van der Waals surface area contributed by atoms with Gasteiger partial charge in [-0.25, -0.2) is 0 Å². The average Bonchev–Trinajstić information content (AvgIpc) is 2.03. The SMILES string of the molecule is Br.CN=C(NC)NCC(=O)NC(C)(C)C. The van der Waals surface area contributed by atoms with Crippen molar-refractivity contribution in [2.45, 2.75) is 26.3 Å². The number of nitrogens with one attached hydrogen (secondary N) is 3. The smallest absolute Gasteiger partial charge is 0.239 e. The van der Waals surface area contributed by atoms with Crippen LogP contribution in [0.1, 0.15) is 20.8 Å². The van der Waals surface area contributed by atoms with Gasteiger partial charge in [0, 0.05) is 19.6 Å². The fourth-order valence-electron chi connectivity index (χ4n) is 0.906. The van der Waals surface area contributed by atoms with Gasteiger partial charge in [-0.15, -0.1) is 17.0 Å². The normalized spacial score (nSPS) is 11.4. The molecule has 0 spiro atoms. The molecular weight excluding hydrogens is 260 g/mol. The zero-order valence-corrected chi connectivity index (χ0v) is 11.7. The van der Waals surface area contributed by atoms with E-state index in [4.69, 9.17) is 0 Å². The van der Waals surface area contributed by atoms with Gasteiger partial charge in [0.05, 0.1) is 6.54 Å². The molecule has 0 fully saturated rings. The van der Waals surface area contributed by atoms with Crippen molar-refractivity contribution < 1.29 is 4.79 Å². The van der Waals surface area contributed by atoms with Gasteiger partial charge in [0.25, 0.3) is 0 Å². The monoisotopic (exact) mass is 280 g/mol. The second-order valence-corrected chi connectivity index (χ2v) is 3.97. The summed E-state index contributed by atoms with van der Waals surface area (Å²) in [5, 5.41) is 8.54. The summed E-state index contributed by atoms with van der Waals surface area (Å²) in [6, 6.07) is 0. The third-order valence-corrected chi connectivity index (χ3v) is 1.39. The summed E-state index contributed by atoms with van der Waals surface area (Å²) in [7, 11) is 3.40. The van der Waals surface area contributed by atoms with E-state index in [9.17, 15) is 4.79 Å². The van der Waals surface area contributed by atoms with Crippen molar-refractivity contribution in [3.8, 4) is 0 Å². The van der Waals surface area contributed by atoms with Crippen molar-refractivity contribution in [3.05, 3.63) is 0 Å². The van der Waals surface area contributed by atoms with Crippen molar-refractivity contribution in [1.29, 1.82) is 0 Å². The molecule has 0 saturated heterocycles. The van der Waals surface area contributed by atoms with Gasteiger partial charge in [0.15, 0.2) is 5.96 Å². The van der Waals surface area contributed by atoms with Crippen LogP contribution in [0.2, 0.25) is 0 Å². The van der Waals surface area contributed by atoms with Gasteiger partial charge >= 0.3 is 0 Å². The van der Waals surface area contributed by atoms with E-state index in [1.54, 1.807) is 14.1 Å². The predicted molar refractivity (Wildman–Crippen MR) is 68.6 cm³/mol. The number of hydrogen-bond acceptors (Lipinski definition) is 2. The van der Waals surface area contributed by atoms with E-state index in [0.717, 1.165) is 0 Å². The highest BCUT2D eigenvalue weighted by Crippen LogP contribution is 1.96. The predicted octanol–water partition coefficient (Wildman–Crippen LogP) is 0.274. The van der Waals surface area contributed by atoms with Crippen LogP contribution in [0.5, 0.6) is 0 Å². The maximum absolute atomic E-state index is 11.3. The number of carbonyl (C=O) groups is 1. The number of halogens is 1. The number of amides is 1. The number of rotatable bonds is 2. The number of nitrogens with zero attached hydrogens (tertiary/aromatic N) is 1. The molecule has 0 aromatic rings. The minimum absolute atomic E-state index is 0. The summed E-state index contributed by atoms with van der Waals surface area (Å²) in [6.45, 7) is 6.05. The fourth-order valence-corrected chi connectivity index (χ4v) is 0.906. The van der Waals surface area contributed by atoms with Gasteiger partial charge in [-0.1, -0.05) is 0 Å². The Labute approximate surface area is 102 Å². The van der Waals surface area contributed by atoms with Crippen LogP contribution >= 0.6 is 17.0 Å². The van der Waals surface area contributed by atoms with Crippen molar-refractivity contribution in [2.75, 3.05) is 20.6 Å². The highest BCUT2D eigenvalue weighted by Gasteiger charge is 2.13. The minimum atomic E-state index is -0.193. The first-order valence-corrected chi connectivity index (χ1v) is 4.58. The maximum Gasteiger partial charge on any atom is 0.239 e. The Kier molecular flexibility index (Phi) is 8.33. The molecule has 90 valence electrons. The van der Waals surface area contributed by atoms with Crippen LogP contribution in [-0.4, -0.2) is 38.0 Å². The van der Waals surface area contributed by atoms with E-state index >= 15 is 0 Å². The third-order valence-electron chi connectivity index (χ3n) is 1.39. The Morgan fingerprint density at radius 3 is 2.20 bits per heavy atom. The Bertz CT molecular complexity index is 223. The number of aliphatic imine (C=N–C) groups is 1. The molecule has 3 N–H and O–H groups in total.